The number of fused-ring (bicyclic) bond motifs is 3. The molecular weight excluding hydrogens is 414 g/mol. The summed E-state index contributed by atoms with van der Waals surface area (Å²) in [5, 5.41) is 14.6. The highest BCUT2D eigenvalue weighted by Crippen LogP contribution is 2.37. The van der Waals surface area contributed by atoms with Crippen molar-refractivity contribution in [3.63, 3.8) is 0 Å². The van der Waals surface area contributed by atoms with E-state index in [1.807, 2.05) is 0 Å². The van der Waals surface area contributed by atoms with Crippen LogP contribution in [0.5, 0.6) is 0 Å². The molecule has 8 nitrogen and oxygen atoms in total. The number of piperidine rings is 1. The number of pyridine rings is 1. The second-order valence-electron chi connectivity index (χ2n) is 8.39. The summed E-state index contributed by atoms with van der Waals surface area (Å²) in [7, 11) is -3.79. The first-order valence-electron chi connectivity index (χ1n) is 10.4. The zero-order chi connectivity index (χ0) is 21.8. The van der Waals surface area contributed by atoms with Gasteiger partial charge in [0, 0.05) is 17.1 Å². The van der Waals surface area contributed by atoms with Gasteiger partial charge in [0.1, 0.15) is 17.4 Å². The van der Waals surface area contributed by atoms with E-state index in [4.69, 9.17) is 0 Å². The van der Waals surface area contributed by atoms with Crippen LogP contribution in [0.25, 0.3) is 22.1 Å². The normalized spacial score (nSPS) is 17.9. The largest absolute Gasteiger partial charge is 0.385 e. The number of benzene rings is 1. The van der Waals surface area contributed by atoms with Gasteiger partial charge in [-0.15, -0.1) is 0 Å². The van der Waals surface area contributed by atoms with Gasteiger partial charge in [-0.25, -0.2) is 22.4 Å². The van der Waals surface area contributed by atoms with Crippen molar-refractivity contribution < 1.29 is 13.5 Å². The summed E-state index contributed by atoms with van der Waals surface area (Å²) in [5.41, 5.74) is 1.57. The van der Waals surface area contributed by atoms with E-state index in [1.165, 1.54) is 3.97 Å². The third kappa shape index (κ3) is 3.07. The fourth-order valence-electron chi connectivity index (χ4n) is 4.56. The van der Waals surface area contributed by atoms with E-state index in [-0.39, 0.29) is 10.4 Å². The second kappa shape index (κ2) is 7.15. The van der Waals surface area contributed by atoms with E-state index in [2.05, 4.69) is 26.8 Å². The summed E-state index contributed by atoms with van der Waals surface area (Å²) in [5.74, 6) is 0.576. The first-order valence-corrected chi connectivity index (χ1v) is 11.9. The summed E-state index contributed by atoms with van der Waals surface area (Å²) in [6.45, 7) is 5.61. The van der Waals surface area contributed by atoms with Crippen molar-refractivity contribution >= 4 is 32.1 Å². The Hall–Kier alpha value is -2.75. The molecule has 0 radical (unpaired) electrons. The monoisotopic (exact) mass is 439 g/mol. The highest BCUT2D eigenvalue weighted by Gasteiger charge is 2.34. The molecule has 0 spiro atoms. The first kappa shape index (κ1) is 20.2. The fraction of sp³-hybridized carbons (Fsp3) is 0.364. The van der Waals surface area contributed by atoms with Gasteiger partial charge >= 0.3 is 0 Å². The Morgan fingerprint density at radius 1 is 1.16 bits per heavy atom. The molecule has 9 heteroatoms. The van der Waals surface area contributed by atoms with Gasteiger partial charge in [-0.1, -0.05) is 18.2 Å². The molecule has 3 aromatic heterocycles. The lowest BCUT2D eigenvalue weighted by Crippen LogP contribution is -2.42. The second-order valence-corrected chi connectivity index (χ2v) is 10.2. The third-order valence-electron chi connectivity index (χ3n) is 6.22. The van der Waals surface area contributed by atoms with Crippen molar-refractivity contribution in [2.24, 2.45) is 0 Å². The van der Waals surface area contributed by atoms with Crippen LogP contribution >= 0.6 is 0 Å². The average Bonchev–Trinajstić information content (AvgIpc) is 3.37. The molecule has 1 atom stereocenters. The fourth-order valence-corrected chi connectivity index (χ4v) is 5.88. The van der Waals surface area contributed by atoms with Gasteiger partial charge in [0.05, 0.1) is 16.6 Å². The van der Waals surface area contributed by atoms with Crippen LogP contribution in [0.15, 0.2) is 53.7 Å². The molecule has 2 N–H and O–H groups in total. The Labute approximate surface area is 180 Å². The van der Waals surface area contributed by atoms with E-state index >= 15 is 0 Å². The Morgan fingerprint density at radius 2 is 1.87 bits per heavy atom. The van der Waals surface area contributed by atoms with Gasteiger partial charge in [-0.3, -0.25) is 0 Å². The SMILES string of the molecule is CC(O)c1nc2cnc3c(ccn3S(=O)(=O)c3ccccc3)c2n1C1(C)CCNCC1. The van der Waals surface area contributed by atoms with Crippen LogP contribution in [-0.2, 0) is 15.6 Å². The Bertz CT molecular complexity index is 1370. The zero-order valence-electron chi connectivity index (χ0n) is 17.5. The van der Waals surface area contributed by atoms with Crippen molar-refractivity contribution in [1.29, 1.82) is 0 Å². The molecule has 0 aliphatic carbocycles. The average molecular weight is 440 g/mol. The number of hydrogen-bond acceptors (Lipinski definition) is 6. The molecule has 0 bridgehead atoms. The molecule has 1 saturated heterocycles. The Balaban J connectivity index is 1.80. The standard InChI is InChI=1S/C22H25N5O3S/c1-15(28)20-25-18-14-24-21-17(19(18)27(20)22(2)9-11-23-12-10-22)8-13-26(21)31(29,30)16-6-4-3-5-7-16/h3-8,13-15,23,28H,9-12H2,1-2H3. The summed E-state index contributed by atoms with van der Waals surface area (Å²) >= 11 is 0. The number of aromatic nitrogens is 4. The lowest BCUT2D eigenvalue weighted by molar-refractivity contribution is 0.159. The molecule has 4 heterocycles. The predicted octanol–water partition coefficient (Wildman–Crippen LogP) is 2.77. The van der Waals surface area contributed by atoms with Crippen LogP contribution in [0.1, 0.15) is 38.6 Å². The van der Waals surface area contributed by atoms with Gasteiger partial charge in [0.15, 0.2) is 5.65 Å². The predicted molar refractivity (Wildman–Crippen MR) is 118 cm³/mol. The number of aliphatic hydroxyl groups excluding tert-OH is 1. The van der Waals surface area contributed by atoms with Crippen LogP contribution in [0.4, 0.5) is 0 Å². The number of hydrogen-bond donors (Lipinski definition) is 2. The van der Waals surface area contributed by atoms with Crippen LogP contribution in [0.2, 0.25) is 0 Å². The number of imidazole rings is 1. The summed E-state index contributed by atoms with van der Waals surface area (Å²) in [6.07, 6.45) is 4.14. The number of aliphatic hydroxyl groups is 1. The molecule has 5 rings (SSSR count). The molecule has 1 aliphatic rings. The van der Waals surface area contributed by atoms with Crippen molar-refractivity contribution in [3.05, 3.63) is 54.6 Å². The van der Waals surface area contributed by atoms with Crippen molar-refractivity contribution in [1.82, 2.24) is 23.8 Å². The van der Waals surface area contributed by atoms with Gasteiger partial charge in [-0.05, 0) is 58.0 Å². The van der Waals surface area contributed by atoms with Crippen molar-refractivity contribution in [2.45, 2.75) is 43.2 Å². The minimum atomic E-state index is -3.79. The Kier molecular flexibility index (Phi) is 4.65. The molecule has 0 amide bonds. The van der Waals surface area contributed by atoms with Crippen LogP contribution in [0, 0.1) is 0 Å². The maximum atomic E-state index is 13.3. The lowest BCUT2D eigenvalue weighted by Gasteiger charge is -2.37. The maximum absolute atomic E-state index is 13.3. The van der Waals surface area contributed by atoms with E-state index in [9.17, 15) is 13.5 Å². The van der Waals surface area contributed by atoms with Crippen LogP contribution in [-0.4, -0.2) is 45.1 Å². The number of nitrogens with zero attached hydrogens (tertiary/aromatic N) is 4. The topological polar surface area (TPSA) is 102 Å². The van der Waals surface area contributed by atoms with Crippen molar-refractivity contribution in [2.75, 3.05) is 13.1 Å². The summed E-state index contributed by atoms with van der Waals surface area (Å²) < 4.78 is 29.9. The lowest BCUT2D eigenvalue weighted by atomic mass is 9.89. The minimum Gasteiger partial charge on any atom is -0.385 e. The van der Waals surface area contributed by atoms with E-state index in [0.29, 0.717) is 22.4 Å². The molecule has 1 fully saturated rings. The van der Waals surface area contributed by atoms with E-state index in [1.54, 1.807) is 55.7 Å². The smallest absolute Gasteiger partial charge is 0.269 e. The van der Waals surface area contributed by atoms with Gasteiger partial charge in [-0.2, -0.15) is 0 Å². The van der Waals surface area contributed by atoms with Crippen LogP contribution < -0.4 is 5.32 Å². The highest BCUT2D eigenvalue weighted by molar-refractivity contribution is 7.90. The quantitative estimate of drug-likeness (QED) is 0.507. The first-order chi connectivity index (χ1) is 14.8. The van der Waals surface area contributed by atoms with Gasteiger partial charge in [0.25, 0.3) is 10.0 Å². The molecular formula is C22H25N5O3S. The van der Waals surface area contributed by atoms with Gasteiger partial charge < -0.3 is 15.0 Å². The third-order valence-corrected chi connectivity index (χ3v) is 7.90. The molecule has 162 valence electrons. The van der Waals surface area contributed by atoms with Gasteiger partial charge in [0.2, 0.25) is 0 Å². The molecule has 1 aliphatic heterocycles. The van der Waals surface area contributed by atoms with Crippen molar-refractivity contribution in [3.8, 4) is 0 Å². The highest BCUT2D eigenvalue weighted by atomic mass is 32.2. The molecule has 1 unspecified atom stereocenters. The Morgan fingerprint density at radius 3 is 2.55 bits per heavy atom. The number of rotatable bonds is 4. The molecule has 0 saturated carbocycles. The molecule has 31 heavy (non-hydrogen) atoms. The summed E-state index contributed by atoms with van der Waals surface area (Å²) in [6, 6.07) is 10.1. The van der Waals surface area contributed by atoms with E-state index < -0.39 is 16.1 Å². The zero-order valence-corrected chi connectivity index (χ0v) is 18.3. The maximum Gasteiger partial charge on any atom is 0.269 e. The molecule has 4 aromatic rings. The van der Waals surface area contributed by atoms with E-state index in [0.717, 1.165) is 31.4 Å². The summed E-state index contributed by atoms with van der Waals surface area (Å²) in [4.78, 5) is 9.35. The molecule has 1 aromatic carbocycles. The minimum absolute atomic E-state index is 0.206. The van der Waals surface area contributed by atoms with Crippen LogP contribution in [0.3, 0.4) is 0 Å². The number of nitrogens with one attached hydrogen (secondary N) is 1.